The number of carbonyl (C=O) groups is 2. The minimum Gasteiger partial charge on any atom is -0.350 e. The van der Waals surface area contributed by atoms with E-state index in [4.69, 9.17) is 0 Å². The van der Waals surface area contributed by atoms with Crippen LogP contribution >= 0.6 is 15.9 Å². The SMILES string of the molecule is Cc1ccccc1N(CCCC(=O)N(Cc1cccc(Br)c1)C(C)C(=O)NC(C)(C)C)S(C)(=O)=O. The van der Waals surface area contributed by atoms with Gasteiger partial charge in [0.1, 0.15) is 6.04 Å². The number of sulfonamides is 1. The van der Waals surface area contributed by atoms with Crippen LogP contribution in [0.25, 0.3) is 0 Å². The maximum absolute atomic E-state index is 13.3. The summed E-state index contributed by atoms with van der Waals surface area (Å²) in [7, 11) is -3.52. The van der Waals surface area contributed by atoms with Crippen molar-refractivity contribution in [3.05, 3.63) is 64.1 Å². The van der Waals surface area contributed by atoms with Gasteiger partial charge in [0.15, 0.2) is 0 Å². The van der Waals surface area contributed by atoms with E-state index in [9.17, 15) is 18.0 Å². The Labute approximate surface area is 218 Å². The van der Waals surface area contributed by atoms with E-state index in [1.54, 1.807) is 24.0 Å². The summed E-state index contributed by atoms with van der Waals surface area (Å²) in [5, 5.41) is 2.94. The van der Waals surface area contributed by atoms with Gasteiger partial charge in [-0.25, -0.2) is 8.42 Å². The lowest BCUT2D eigenvalue weighted by Gasteiger charge is -2.32. The monoisotopic (exact) mass is 565 g/mol. The van der Waals surface area contributed by atoms with Crippen LogP contribution in [0.3, 0.4) is 0 Å². The van der Waals surface area contributed by atoms with Crippen molar-refractivity contribution in [2.24, 2.45) is 0 Å². The van der Waals surface area contributed by atoms with Gasteiger partial charge in [0, 0.05) is 29.5 Å². The van der Waals surface area contributed by atoms with E-state index in [1.807, 2.05) is 64.1 Å². The van der Waals surface area contributed by atoms with Crippen molar-refractivity contribution in [1.82, 2.24) is 10.2 Å². The molecular weight excluding hydrogens is 530 g/mol. The second-order valence-electron chi connectivity index (χ2n) is 9.79. The summed E-state index contributed by atoms with van der Waals surface area (Å²) in [5.41, 5.74) is 1.90. The number of halogens is 1. The smallest absolute Gasteiger partial charge is 0.242 e. The maximum atomic E-state index is 13.3. The summed E-state index contributed by atoms with van der Waals surface area (Å²) >= 11 is 3.45. The Balaban J connectivity index is 2.20. The molecule has 0 aliphatic carbocycles. The zero-order valence-electron chi connectivity index (χ0n) is 21.3. The molecule has 0 fully saturated rings. The van der Waals surface area contributed by atoms with Gasteiger partial charge in [-0.2, -0.15) is 0 Å². The van der Waals surface area contributed by atoms with Crippen LogP contribution in [0.5, 0.6) is 0 Å². The number of benzene rings is 2. The van der Waals surface area contributed by atoms with E-state index < -0.39 is 21.6 Å². The van der Waals surface area contributed by atoms with E-state index in [1.165, 1.54) is 10.6 Å². The Morgan fingerprint density at radius 3 is 2.31 bits per heavy atom. The fourth-order valence-electron chi connectivity index (χ4n) is 3.71. The number of rotatable bonds is 10. The number of carbonyl (C=O) groups excluding carboxylic acids is 2. The van der Waals surface area contributed by atoms with Crippen molar-refractivity contribution in [3.63, 3.8) is 0 Å². The molecule has 0 aliphatic heterocycles. The molecule has 0 aromatic heterocycles. The number of nitrogens with one attached hydrogen (secondary N) is 1. The third-order valence-electron chi connectivity index (χ3n) is 5.44. The van der Waals surface area contributed by atoms with Gasteiger partial charge in [-0.15, -0.1) is 0 Å². The average molecular weight is 567 g/mol. The number of nitrogens with zero attached hydrogens (tertiary/aromatic N) is 2. The van der Waals surface area contributed by atoms with Crippen LogP contribution in [-0.4, -0.2) is 49.5 Å². The number of hydrogen-bond donors (Lipinski definition) is 1. The van der Waals surface area contributed by atoms with Crippen LogP contribution in [0.2, 0.25) is 0 Å². The topological polar surface area (TPSA) is 86.8 Å². The third-order valence-corrected chi connectivity index (χ3v) is 7.12. The van der Waals surface area contributed by atoms with Crippen molar-refractivity contribution in [1.29, 1.82) is 0 Å². The molecule has 1 atom stereocenters. The minimum absolute atomic E-state index is 0.110. The largest absolute Gasteiger partial charge is 0.350 e. The summed E-state index contributed by atoms with van der Waals surface area (Å²) in [5.74, 6) is -0.446. The molecule has 0 spiro atoms. The highest BCUT2D eigenvalue weighted by Gasteiger charge is 2.28. The minimum atomic E-state index is -3.52. The van der Waals surface area contributed by atoms with Crippen molar-refractivity contribution in [3.8, 4) is 0 Å². The van der Waals surface area contributed by atoms with Crippen LogP contribution in [0.4, 0.5) is 5.69 Å². The molecule has 0 saturated heterocycles. The number of anilines is 1. The molecule has 0 heterocycles. The van der Waals surface area contributed by atoms with E-state index in [0.717, 1.165) is 15.6 Å². The summed E-state index contributed by atoms with van der Waals surface area (Å²) in [4.78, 5) is 27.8. The van der Waals surface area contributed by atoms with E-state index in [2.05, 4.69) is 21.2 Å². The quantitative estimate of drug-likeness (QED) is 0.454. The highest BCUT2D eigenvalue weighted by Crippen LogP contribution is 2.23. The summed E-state index contributed by atoms with van der Waals surface area (Å²) < 4.78 is 27.2. The lowest BCUT2D eigenvalue weighted by atomic mass is 10.1. The zero-order valence-corrected chi connectivity index (χ0v) is 23.7. The molecule has 0 aliphatic rings. The molecule has 2 aromatic carbocycles. The molecule has 7 nitrogen and oxygen atoms in total. The summed E-state index contributed by atoms with van der Waals surface area (Å²) in [6.07, 6.45) is 1.60. The third kappa shape index (κ3) is 8.96. The molecular formula is C26H36BrN3O4S. The molecule has 2 rings (SSSR count). The Bertz CT molecular complexity index is 1150. The summed E-state index contributed by atoms with van der Waals surface area (Å²) in [6, 6.07) is 14.2. The Hall–Kier alpha value is -2.39. The van der Waals surface area contributed by atoms with Crippen molar-refractivity contribution >= 4 is 43.5 Å². The van der Waals surface area contributed by atoms with Crippen LogP contribution in [0.15, 0.2) is 53.0 Å². The van der Waals surface area contributed by atoms with Gasteiger partial charge in [0.05, 0.1) is 11.9 Å². The van der Waals surface area contributed by atoms with Gasteiger partial charge >= 0.3 is 0 Å². The first-order valence-corrected chi connectivity index (χ1v) is 14.2. The maximum Gasteiger partial charge on any atom is 0.242 e. The predicted octanol–water partition coefficient (Wildman–Crippen LogP) is 4.64. The van der Waals surface area contributed by atoms with Crippen molar-refractivity contribution in [2.75, 3.05) is 17.1 Å². The standard InChI is InChI=1S/C26H36BrN3O4S/c1-19-11-7-8-14-23(19)30(35(6,33)34)16-10-15-24(31)29(18-21-12-9-13-22(27)17-21)20(2)25(32)28-26(3,4)5/h7-9,11-14,17,20H,10,15-16,18H2,1-6H3,(H,28,32). The fourth-order valence-corrected chi connectivity index (χ4v) is 5.18. The number of para-hydroxylation sites is 1. The Morgan fingerprint density at radius 2 is 1.74 bits per heavy atom. The predicted molar refractivity (Wildman–Crippen MR) is 145 cm³/mol. The van der Waals surface area contributed by atoms with Crippen LogP contribution in [-0.2, 0) is 26.2 Å². The second kappa shape index (κ2) is 12.0. The first kappa shape index (κ1) is 28.8. The molecule has 0 saturated carbocycles. The van der Waals surface area contributed by atoms with Gasteiger partial charge in [0.2, 0.25) is 21.8 Å². The molecule has 0 radical (unpaired) electrons. The van der Waals surface area contributed by atoms with Gasteiger partial charge in [-0.05, 0) is 70.4 Å². The number of amides is 2. The van der Waals surface area contributed by atoms with Crippen molar-refractivity contribution < 1.29 is 18.0 Å². The van der Waals surface area contributed by atoms with Crippen LogP contribution in [0, 0.1) is 6.92 Å². The fraction of sp³-hybridized carbons (Fsp3) is 0.462. The van der Waals surface area contributed by atoms with Crippen molar-refractivity contribution in [2.45, 2.75) is 65.6 Å². The van der Waals surface area contributed by atoms with Gasteiger partial charge in [-0.1, -0.05) is 46.3 Å². The highest BCUT2D eigenvalue weighted by molar-refractivity contribution is 9.10. The molecule has 0 bridgehead atoms. The zero-order chi connectivity index (χ0) is 26.4. The second-order valence-corrected chi connectivity index (χ2v) is 12.6. The molecule has 35 heavy (non-hydrogen) atoms. The molecule has 1 unspecified atom stereocenters. The van der Waals surface area contributed by atoms with Crippen LogP contribution < -0.4 is 9.62 Å². The Kier molecular flexibility index (Phi) is 9.92. The summed E-state index contributed by atoms with van der Waals surface area (Å²) in [6.45, 7) is 9.69. The first-order valence-electron chi connectivity index (χ1n) is 11.6. The van der Waals surface area contributed by atoms with Gasteiger partial charge in [0.25, 0.3) is 0 Å². The molecule has 1 N–H and O–H groups in total. The first-order chi connectivity index (χ1) is 16.2. The number of hydrogen-bond acceptors (Lipinski definition) is 4. The van der Waals surface area contributed by atoms with E-state index in [0.29, 0.717) is 12.1 Å². The normalized spacial score (nSPS) is 12.7. The van der Waals surface area contributed by atoms with Gasteiger partial charge < -0.3 is 10.2 Å². The van der Waals surface area contributed by atoms with E-state index in [-0.39, 0.29) is 31.3 Å². The lowest BCUT2D eigenvalue weighted by Crippen LogP contribution is -2.52. The molecule has 9 heteroatoms. The number of aryl methyl sites for hydroxylation is 1. The molecule has 192 valence electrons. The average Bonchev–Trinajstić information content (AvgIpc) is 2.73. The Morgan fingerprint density at radius 1 is 1.09 bits per heavy atom. The lowest BCUT2D eigenvalue weighted by molar-refractivity contribution is -0.141. The highest BCUT2D eigenvalue weighted by atomic mass is 79.9. The van der Waals surface area contributed by atoms with Gasteiger partial charge in [-0.3, -0.25) is 13.9 Å². The van der Waals surface area contributed by atoms with Crippen LogP contribution in [0.1, 0.15) is 51.7 Å². The molecule has 2 amide bonds. The van der Waals surface area contributed by atoms with E-state index >= 15 is 0 Å². The molecule has 2 aromatic rings.